The van der Waals surface area contributed by atoms with Gasteiger partial charge in [-0.3, -0.25) is 13.9 Å². The van der Waals surface area contributed by atoms with E-state index in [4.69, 9.17) is 9.47 Å². The first kappa shape index (κ1) is 15.0. The summed E-state index contributed by atoms with van der Waals surface area (Å²) in [7, 11) is 1.60. The summed E-state index contributed by atoms with van der Waals surface area (Å²) in [6, 6.07) is 0. The summed E-state index contributed by atoms with van der Waals surface area (Å²) < 4.78 is 13.6. The molecule has 1 saturated heterocycles. The van der Waals surface area contributed by atoms with E-state index >= 15 is 0 Å². The van der Waals surface area contributed by atoms with Gasteiger partial charge < -0.3 is 14.5 Å². The monoisotopic (exact) mass is 308 g/mol. The molecular formula is C14H20N4O4. The number of H-pyrrole nitrogens is 1. The zero-order valence-corrected chi connectivity index (χ0v) is 12.8. The van der Waals surface area contributed by atoms with Gasteiger partial charge in [0.25, 0.3) is 5.56 Å². The second-order valence-corrected chi connectivity index (χ2v) is 5.49. The van der Waals surface area contributed by atoms with Crippen molar-refractivity contribution in [1.29, 1.82) is 0 Å². The largest absolute Gasteiger partial charge is 0.353 e. The zero-order valence-electron chi connectivity index (χ0n) is 12.8. The molecule has 1 unspecified atom stereocenters. The molecule has 0 radical (unpaired) electrons. The Morgan fingerprint density at radius 2 is 2.23 bits per heavy atom. The van der Waals surface area contributed by atoms with Crippen molar-refractivity contribution in [3.63, 3.8) is 0 Å². The van der Waals surface area contributed by atoms with Gasteiger partial charge in [-0.05, 0) is 26.2 Å². The lowest BCUT2D eigenvalue weighted by Crippen LogP contribution is -2.40. The van der Waals surface area contributed by atoms with Gasteiger partial charge in [-0.25, -0.2) is 9.78 Å². The minimum absolute atomic E-state index is 0.194. The first-order valence-electron chi connectivity index (χ1n) is 7.47. The summed E-state index contributed by atoms with van der Waals surface area (Å²) in [6.45, 7) is 2.90. The summed E-state index contributed by atoms with van der Waals surface area (Å²) in [6.07, 6.45) is 2.75. The fourth-order valence-corrected chi connectivity index (χ4v) is 2.68. The maximum atomic E-state index is 12.4. The molecule has 0 spiro atoms. The fourth-order valence-electron chi connectivity index (χ4n) is 2.68. The third kappa shape index (κ3) is 2.71. The van der Waals surface area contributed by atoms with Gasteiger partial charge in [-0.2, -0.15) is 0 Å². The molecule has 0 bridgehead atoms. The summed E-state index contributed by atoms with van der Waals surface area (Å²) in [5, 5.41) is 0. The highest BCUT2D eigenvalue weighted by Crippen LogP contribution is 2.13. The van der Waals surface area contributed by atoms with Gasteiger partial charge in [-0.1, -0.05) is 0 Å². The van der Waals surface area contributed by atoms with E-state index in [1.807, 2.05) is 0 Å². The number of aromatic amines is 1. The molecule has 0 aromatic carbocycles. The van der Waals surface area contributed by atoms with Crippen LogP contribution in [0.5, 0.6) is 0 Å². The molecule has 8 heteroatoms. The molecule has 0 aliphatic carbocycles. The minimum Gasteiger partial charge on any atom is -0.353 e. The number of aromatic nitrogens is 4. The Morgan fingerprint density at radius 3 is 2.95 bits per heavy atom. The number of aryl methyl sites for hydroxylation is 2. The second kappa shape index (κ2) is 6.05. The first-order valence-corrected chi connectivity index (χ1v) is 7.47. The van der Waals surface area contributed by atoms with Crippen LogP contribution >= 0.6 is 0 Å². The Morgan fingerprint density at radius 1 is 1.41 bits per heavy atom. The summed E-state index contributed by atoms with van der Waals surface area (Å²) in [5.74, 6) is 0.603. The normalized spacial score (nSPS) is 18.9. The second-order valence-electron chi connectivity index (χ2n) is 5.49. The van der Waals surface area contributed by atoms with E-state index in [2.05, 4.69) is 9.97 Å². The number of nitrogens with zero attached hydrogens (tertiary/aromatic N) is 3. The van der Waals surface area contributed by atoms with Crippen molar-refractivity contribution < 1.29 is 9.47 Å². The lowest BCUT2D eigenvalue weighted by molar-refractivity contribution is -0.163. The lowest BCUT2D eigenvalue weighted by atomic mass is 10.2. The molecule has 3 rings (SSSR count). The number of hydrogen-bond donors (Lipinski definition) is 1. The van der Waals surface area contributed by atoms with Crippen LogP contribution in [0.25, 0.3) is 11.2 Å². The molecule has 2 aromatic rings. The number of imidazole rings is 1. The predicted octanol–water partition coefficient (Wildman–Crippen LogP) is 0.275. The van der Waals surface area contributed by atoms with Gasteiger partial charge >= 0.3 is 5.69 Å². The molecular weight excluding hydrogens is 288 g/mol. The maximum absolute atomic E-state index is 12.4. The average Bonchev–Trinajstić information content (AvgIpc) is 2.92. The van der Waals surface area contributed by atoms with Gasteiger partial charge in [0.2, 0.25) is 0 Å². The molecule has 1 N–H and O–H groups in total. The van der Waals surface area contributed by atoms with Crippen LogP contribution in [0.2, 0.25) is 0 Å². The predicted molar refractivity (Wildman–Crippen MR) is 79.9 cm³/mol. The Labute approximate surface area is 126 Å². The molecule has 1 aliphatic rings. The average molecular weight is 308 g/mol. The van der Waals surface area contributed by atoms with Crippen LogP contribution in [0.3, 0.4) is 0 Å². The van der Waals surface area contributed by atoms with E-state index in [1.54, 1.807) is 14.0 Å². The van der Waals surface area contributed by atoms with Crippen LogP contribution in [0, 0.1) is 6.92 Å². The summed E-state index contributed by atoms with van der Waals surface area (Å²) in [5.41, 5.74) is -0.0437. The highest BCUT2D eigenvalue weighted by Gasteiger charge is 2.16. The van der Waals surface area contributed by atoms with Crippen LogP contribution in [0.4, 0.5) is 0 Å². The van der Waals surface area contributed by atoms with Crippen molar-refractivity contribution in [2.75, 3.05) is 13.2 Å². The van der Waals surface area contributed by atoms with E-state index in [0.29, 0.717) is 23.6 Å². The molecule has 1 atom stereocenters. The quantitative estimate of drug-likeness (QED) is 0.875. The van der Waals surface area contributed by atoms with Crippen molar-refractivity contribution in [2.24, 2.45) is 7.05 Å². The standard InChI is InChI=1S/C14H20N4O4/c1-9-15-11-12(16-9)17(2)14(20)18(13(11)19)6-8-22-10-5-3-4-7-21-10/h10H,3-8H2,1-2H3,(H,15,16). The van der Waals surface area contributed by atoms with Crippen molar-refractivity contribution in [2.45, 2.75) is 39.0 Å². The van der Waals surface area contributed by atoms with Crippen LogP contribution < -0.4 is 11.2 Å². The smallest absolute Gasteiger partial charge is 0.332 e. The van der Waals surface area contributed by atoms with E-state index < -0.39 is 5.69 Å². The summed E-state index contributed by atoms with van der Waals surface area (Å²) >= 11 is 0. The SMILES string of the molecule is Cc1nc2c([nH]1)c(=O)n(CCOC1CCCCO1)c(=O)n2C. The fraction of sp³-hybridized carbons (Fsp3) is 0.643. The van der Waals surface area contributed by atoms with Gasteiger partial charge in [0, 0.05) is 13.7 Å². The van der Waals surface area contributed by atoms with E-state index in [9.17, 15) is 9.59 Å². The highest BCUT2D eigenvalue weighted by molar-refractivity contribution is 5.69. The minimum atomic E-state index is -0.392. The maximum Gasteiger partial charge on any atom is 0.332 e. The van der Waals surface area contributed by atoms with Crippen LogP contribution in [0.1, 0.15) is 25.1 Å². The number of fused-ring (bicyclic) bond motifs is 1. The van der Waals surface area contributed by atoms with Gasteiger partial charge in [0.15, 0.2) is 11.9 Å². The lowest BCUT2D eigenvalue weighted by Gasteiger charge is -2.22. The molecule has 3 heterocycles. The molecule has 1 fully saturated rings. The highest BCUT2D eigenvalue weighted by atomic mass is 16.7. The Kier molecular flexibility index (Phi) is 4.12. The van der Waals surface area contributed by atoms with Gasteiger partial charge in [0.05, 0.1) is 13.2 Å². The van der Waals surface area contributed by atoms with Crippen molar-refractivity contribution in [3.05, 3.63) is 26.7 Å². The van der Waals surface area contributed by atoms with Crippen LogP contribution in [-0.4, -0.2) is 38.6 Å². The van der Waals surface area contributed by atoms with E-state index in [0.717, 1.165) is 19.3 Å². The number of hydrogen-bond acceptors (Lipinski definition) is 5. The number of rotatable bonds is 4. The number of ether oxygens (including phenoxy) is 2. The zero-order chi connectivity index (χ0) is 15.7. The molecule has 0 amide bonds. The third-order valence-electron chi connectivity index (χ3n) is 3.85. The van der Waals surface area contributed by atoms with E-state index in [-0.39, 0.29) is 25.0 Å². The molecule has 0 saturated carbocycles. The third-order valence-corrected chi connectivity index (χ3v) is 3.85. The molecule has 120 valence electrons. The Hall–Kier alpha value is -1.93. The molecule has 8 nitrogen and oxygen atoms in total. The molecule has 1 aliphatic heterocycles. The summed E-state index contributed by atoms with van der Waals surface area (Å²) in [4.78, 5) is 31.7. The van der Waals surface area contributed by atoms with E-state index in [1.165, 1.54) is 9.13 Å². The van der Waals surface area contributed by atoms with Crippen molar-refractivity contribution in [1.82, 2.24) is 19.1 Å². The Bertz CT molecular complexity index is 782. The Balaban J connectivity index is 1.81. The van der Waals surface area contributed by atoms with Gasteiger partial charge in [-0.15, -0.1) is 0 Å². The van der Waals surface area contributed by atoms with Crippen molar-refractivity contribution >= 4 is 11.2 Å². The number of nitrogens with one attached hydrogen (secondary N) is 1. The van der Waals surface area contributed by atoms with Crippen LogP contribution in [0.15, 0.2) is 9.59 Å². The topological polar surface area (TPSA) is 91.1 Å². The molecule has 22 heavy (non-hydrogen) atoms. The molecule has 2 aromatic heterocycles. The first-order chi connectivity index (χ1) is 10.6. The van der Waals surface area contributed by atoms with Gasteiger partial charge in [0.1, 0.15) is 11.3 Å². The van der Waals surface area contributed by atoms with Crippen LogP contribution in [-0.2, 0) is 23.1 Å². The van der Waals surface area contributed by atoms with Crippen molar-refractivity contribution in [3.8, 4) is 0 Å².